The number of fused-ring (bicyclic) bond motifs is 1. The third-order valence-electron chi connectivity index (χ3n) is 5.18. The molecule has 1 aliphatic heterocycles. The van der Waals surface area contributed by atoms with E-state index >= 15 is 0 Å². The Balaban J connectivity index is 0.00000160. The van der Waals surface area contributed by atoms with Gasteiger partial charge in [0, 0.05) is 49.1 Å². The van der Waals surface area contributed by atoms with Gasteiger partial charge in [0.25, 0.3) is 0 Å². The van der Waals surface area contributed by atoms with Crippen LogP contribution in [0.25, 0.3) is 10.9 Å². The van der Waals surface area contributed by atoms with Crippen molar-refractivity contribution >= 4 is 75.6 Å². The average molecular weight is 551 g/mol. The number of rotatable bonds is 6. The second-order valence-electron chi connectivity index (χ2n) is 6.96. The van der Waals surface area contributed by atoms with Crippen LogP contribution >= 0.6 is 53.2 Å². The van der Waals surface area contributed by atoms with E-state index in [1.807, 2.05) is 30.3 Å². The van der Waals surface area contributed by atoms with E-state index < -0.39 is 0 Å². The fourth-order valence-corrected chi connectivity index (χ4v) is 4.02. The molecular weight excluding hydrogens is 523 g/mol. The van der Waals surface area contributed by atoms with Crippen LogP contribution in [0.2, 0.25) is 0 Å². The zero-order chi connectivity index (χ0) is 19.3. The summed E-state index contributed by atoms with van der Waals surface area (Å²) < 4.78 is 6.58. The summed E-state index contributed by atoms with van der Waals surface area (Å²) in [6, 6.07) is 18.6. The van der Waals surface area contributed by atoms with Gasteiger partial charge in [-0.25, -0.2) is 4.98 Å². The highest BCUT2D eigenvalue weighted by molar-refractivity contribution is 9.10. The molecule has 170 valence electrons. The molecule has 0 unspecified atom stereocenters. The van der Waals surface area contributed by atoms with E-state index in [1.54, 1.807) is 7.11 Å². The van der Waals surface area contributed by atoms with Crippen molar-refractivity contribution in [1.82, 2.24) is 9.88 Å². The summed E-state index contributed by atoms with van der Waals surface area (Å²) in [6.45, 7) is 6.05. The average Bonchev–Trinajstić information content (AvgIpc) is 2.74. The Kier molecular flexibility index (Phi) is 11.7. The topological polar surface area (TPSA) is 40.6 Å². The number of piperazine rings is 1. The van der Waals surface area contributed by atoms with Gasteiger partial charge in [-0.1, -0.05) is 28.1 Å². The quantitative estimate of drug-likeness (QED) is 0.439. The summed E-state index contributed by atoms with van der Waals surface area (Å²) in [5, 5.41) is 4.61. The Labute approximate surface area is 210 Å². The van der Waals surface area contributed by atoms with Gasteiger partial charge < -0.3 is 15.0 Å². The number of anilines is 2. The monoisotopic (exact) mass is 548 g/mol. The summed E-state index contributed by atoms with van der Waals surface area (Å²) in [5.74, 6) is 1.88. The molecule has 1 aromatic heterocycles. The second kappa shape index (κ2) is 13.2. The van der Waals surface area contributed by atoms with Crippen molar-refractivity contribution in [2.24, 2.45) is 0 Å². The number of halogens is 4. The molecule has 9 heteroatoms. The van der Waals surface area contributed by atoms with Gasteiger partial charge >= 0.3 is 0 Å². The van der Waals surface area contributed by atoms with Crippen LogP contribution < -0.4 is 15.0 Å². The van der Waals surface area contributed by atoms with Crippen LogP contribution in [0.4, 0.5) is 11.5 Å². The molecule has 1 fully saturated rings. The predicted molar refractivity (Wildman–Crippen MR) is 141 cm³/mol. The molecule has 0 bridgehead atoms. The van der Waals surface area contributed by atoms with Gasteiger partial charge in [0.2, 0.25) is 0 Å². The highest BCUT2D eigenvalue weighted by Crippen LogP contribution is 2.28. The van der Waals surface area contributed by atoms with Gasteiger partial charge in [-0.2, -0.15) is 0 Å². The van der Waals surface area contributed by atoms with E-state index in [9.17, 15) is 0 Å². The lowest BCUT2D eigenvalue weighted by atomic mass is 10.2. The summed E-state index contributed by atoms with van der Waals surface area (Å²) in [6.07, 6.45) is 0. The molecule has 0 radical (unpaired) electrons. The maximum absolute atomic E-state index is 5.50. The van der Waals surface area contributed by atoms with Crippen molar-refractivity contribution in [2.45, 2.75) is 0 Å². The van der Waals surface area contributed by atoms with Crippen molar-refractivity contribution in [3.8, 4) is 5.75 Å². The molecule has 2 heterocycles. The summed E-state index contributed by atoms with van der Waals surface area (Å²) in [5.41, 5.74) is 2.20. The molecular formula is C22H28BrCl3N4O. The molecule has 0 amide bonds. The Hall–Kier alpha value is -1.44. The molecule has 1 aliphatic rings. The number of nitrogens with one attached hydrogen (secondary N) is 1. The number of aromatic nitrogens is 1. The fourth-order valence-electron chi connectivity index (χ4n) is 3.64. The van der Waals surface area contributed by atoms with Crippen LogP contribution in [0.5, 0.6) is 5.75 Å². The Morgan fingerprint density at radius 1 is 0.968 bits per heavy atom. The minimum absolute atomic E-state index is 0. The highest BCUT2D eigenvalue weighted by atomic mass is 79.9. The summed E-state index contributed by atoms with van der Waals surface area (Å²) in [7, 11) is 1.74. The number of ether oxygens (including phenoxy) is 1. The largest absolute Gasteiger partial charge is 0.495 e. The number of para-hydroxylation sites is 2. The van der Waals surface area contributed by atoms with Gasteiger partial charge in [0.1, 0.15) is 11.6 Å². The number of nitrogens with zero attached hydrogens (tertiary/aromatic N) is 3. The molecule has 4 rings (SSSR count). The van der Waals surface area contributed by atoms with Crippen molar-refractivity contribution < 1.29 is 4.74 Å². The fraction of sp³-hybridized carbons (Fsp3) is 0.318. The molecule has 0 saturated carbocycles. The van der Waals surface area contributed by atoms with E-state index in [4.69, 9.17) is 9.72 Å². The molecule has 2 aromatic carbocycles. The van der Waals surface area contributed by atoms with Gasteiger partial charge in [-0.05, 0) is 42.5 Å². The van der Waals surface area contributed by atoms with Gasteiger partial charge in [-0.3, -0.25) is 4.90 Å². The minimum atomic E-state index is 0. The number of pyridine rings is 1. The van der Waals surface area contributed by atoms with Crippen LogP contribution in [-0.2, 0) is 0 Å². The van der Waals surface area contributed by atoms with Crippen molar-refractivity contribution in [1.29, 1.82) is 0 Å². The minimum Gasteiger partial charge on any atom is -0.495 e. The number of benzene rings is 2. The van der Waals surface area contributed by atoms with Crippen LogP contribution in [0.15, 0.2) is 59.1 Å². The van der Waals surface area contributed by atoms with E-state index in [2.05, 4.69) is 55.3 Å². The standard InChI is InChI=1S/C22H25BrN4O.3ClH/c1-28-21-5-3-2-4-20(21)27-14-12-26(13-15-27)11-10-24-22-9-6-17-16-18(23)7-8-19(17)25-22;;;/h2-9,16H,10-15H2,1H3,(H,24,25);3*1H. The van der Waals surface area contributed by atoms with Crippen LogP contribution in [-0.4, -0.2) is 56.3 Å². The van der Waals surface area contributed by atoms with Gasteiger partial charge in [-0.15, -0.1) is 37.2 Å². The first-order valence-corrected chi connectivity index (χ1v) is 10.4. The Morgan fingerprint density at radius 3 is 2.45 bits per heavy atom. The highest BCUT2D eigenvalue weighted by Gasteiger charge is 2.19. The molecule has 0 atom stereocenters. The summed E-state index contributed by atoms with van der Waals surface area (Å²) >= 11 is 3.50. The zero-order valence-electron chi connectivity index (χ0n) is 17.3. The number of methoxy groups -OCH3 is 1. The molecule has 5 nitrogen and oxygen atoms in total. The first-order valence-electron chi connectivity index (χ1n) is 9.63. The smallest absolute Gasteiger partial charge is 0.142 e. The SMILES string of the molecule is COc1ccccc1N1CCN(CCNc2ccc3cc(Br)ccc3n2)CC1.Cl.Cl.Cl. The second-order valence-corrected chi connectivity index (χ2v) is 7.88. The Morgan fingerprint density at radius 2 is 1.71 bits per heavy atom. The van der Waals surface area contributed by atoms with Crippen molar-refractivity contribution in [3.63, 3.8) is 0 Å². The molecule has 3 aromatic rings. The molecule has 0 aliphatic carbocycles. The van der Waals surface area contributed by atoms with Crippen molar-refractivity contribution in [2.75, 3.05) is 56.6 Å². The van der Waals surface area contributed by atoms with Crippen LogP contribution in [0.1, 0.15) is 0 Å². The first-order chi connectivity index (χ1) is 13.7. The maximum Gasteiger partial charge on any atom is 0.142 e. The number of hydrogen-bond acceptors (Lipinski definition) is 5. The molecule has 0 spiro atoms. The predicted octanol–water partition coefficient (Wildman–Crippen LogP) is 5.51. The third-order valence-corrected chi connectivity index (χ3v) is 5.68. The molecule has 1 saturated heterocycles. The van der Waals surface area contributed by atoms with E-state index in [1.165, 1.54) is 5.69 Å². The lowest BCUT2D eigenvalue weighted by Gasteiger charge is -2.36. The van der Waals surface area contributed by atoms with Crippen LogP contribution in [0.3, 0.4) is 0 Å². The van der Waals surface area contributed by atoms with E-state index in [0.717, 1.165) is 66.2 Å². The molecule has 1 N–H and O–H groups in total. The van der Waals surface area contributed by atoms with E-state index in [-0.39, 0.29) is 37.2 Å². The first kappa shape index (κ1) is 27.6. The lowest BCUT2D eigenvalue weighted by Crippen LogP contribution is -2.47. The van der Waals surface area contributed by atoms with Gasteiger partial charge in [0.05, 0.1) is 18.3 Å². The number of hydrogen-bond donors (Lipinski definition) is 1. The lowest BCUT2D eigenvalue weighted by molar-refractivity contribution is 0.266. The van der Waals surface area contributed by atoms with Crippen molar-refractivity contribution in [3.05, 3.63) is 59.1 Å². The van der Waals surface area contributed by atoms with Crippen LogP contribution in [0, 0.1) is 0 Å². The normalized spacial score (nSPS) is 13.5. The molecule has 31 heavy (non-hydrogen) atoms. The van der Waals surface area contributed by atoms with E-state index in [0.29, 0.717) is 0 Å². The van der Waals surface area contributed by atoms with Gasteiger partial charge in [0.15, 0.2) is 0 Å². The maximum atomic E-state index is 5.50. The zero-order valence-corrected chi connectivity index (χ0v) is 21.3. The Bertz CT molecular complexity index is 955. The summed E-state index contributed by atoms with van der Waals surface area (Å²) in [4.78, 5) is 9.60. The third kappa shape index (κ3) is 7.02.